The second-order valence-corrected chi connectivity index (χ2v) is 7.41. The van der Waals surface area contributed by atoms with E-state index in [1.54, 1.807) is 43.3 Å². The Labute approximate surface area is 177 Å². The number of benzene rings is 2. The second-order valence-electron chi connectivity index (χ2n) is 6.21. The standard InChI is InChI=1S/C21H21N3O5S/c1-3-17(18(25)22-15-12-10-14(11-13-15)20(26)28-4-2)30-19-21(27)29-23-24(19)16-8-6-5-7-9-16/h5-13,17H,3-4H2,1-2H3,(H-,22,23,25,26,27). The zero-order valence-electron chi connectivity index (χ0n) is 16.5. The van der Waals surface area contributed by atoms with Crippen LogP contribution < -0.4 is 15.1 Å². The minimum atomic E-state index is -0.603. The van der Waals surface area contributed by atoms with Crippen LogP contribution in [0.5, 0.6) is 5.95 Å². The SMILES string of the molecule is CCOC(=O)c1ccc(NC(=O)C(CC)Sc2c([O-])on[n+]2-c2ccccc2)cc1. The van der Waals surface area contributed by atoms with Crippen molar-refractivity contribution in [1.29, 1.82) is 0 Å². The largest absolute Gasteiger partial charge is 0.538 e. The van der Waals surface area contributed by atoms with Gasteiger partial charge in [0.05, 0.1) is 22.7 Å². The lowest BCUT2D eigenvalue weighted by molar-refractivity contribution is -0.705. The molecule has 1 unspecified atom stereocenters. The Morgan fingerprint density at radius 2 is 1.87 bits per heavy atom. The van der Waals surface area contributed by atoms with E-state index in [4.69, 9.17) is 9.26 Å². The molecule has 0 spiro atoms. The zero-order chi connectivity index (χ0) is 21.5. The van der Waals surface area contributed by atoms with Crippen LogP contribution in [-0.4, -0.2) is 29.0 Å². The van der Waals surface area contributed by atoms with Crippen LogP contribution in [0.4, 0.5) is 5.69 Å². The quantitative estimate of drug-likeness (QED) is 0.334. The molecule has 3 aromatic rings. The number of thioether (sulfide) groups is 1. The van der Waals surface area contributed by atoms with Crippen LogP contribution in [0.15, 0.2) is 64.1 Å². The van der Waals surface area contributed by atoms with Crippen molar-refractivity contribution in [1.82, 2.24) is 5.27 Å². The van der Waals surface area contributed by atoms with Gasteiger partial charge in [-0.05, 0) is 54.1 Å². The minimum absolute atomic E-state index is 0.223. The van der Waals surface area contributed by atoms with Crippen molar-refractivity contribution in [2.24, 2.45) is 0 Å². The first kappa shape index (κ1) is 21.4. The molecular weight excluding hydrogens is 406 g/mol. The lowest BCUT2D eigenvalue weighted by Crippen LogP contribution is -2.36. The highest BCUT2D eigenvalue weighted by atomic mass is 32.2. The van der Waals surface area contributed by atoms with Gasteiger partial charge >= 0.3 is 5.97 Å². The van der Waals surface area contributed by atoms with E-state index in [1.807, 2.05) is 25.1 Å². The molecule has 30 heavy (non-hydrogen) atoms. The molecule has 0 radical (unpaired) electrons. The smallest absolute Gasteiger partial charge is 0.338 e. The normalized spacial score (nSPS) is 11.7. The van der Waals surface area contributed by atoms with Crippen LogP contribution in [0, 0.1) is 0 Å². The number of carbonyl (C=O) groups excluding carboxylic acids is 2. The Bertz CT molecular complexity index is 1010. The molecule has 1 amide bonds. The van der Waals surface area contributed by atoms with E-state index in [2.05, 4.69) is 10.6 Å². The van der Waals surface area contributed by atoms with Gasteiger partial charge in [0.25, 0.3) is 5.03 Å². The van der Waals surface area contributed by atoms with Crippen molar-refractivity contribution >= 4 is 29.3 Å². The number of para-hydroxylation sites is 1. The molecule has 8 nitrogen and oxygen atoms in total. The third-order valence-corrected chi connectivity index (χ3v) is 5.55. The number of amides is 1. The lowest BCUT2D eigenvalue weighted by Gasteiger charge is -2.13. The molecule has 0 aliphatic rings. The van der Waals surface area contributed by atoms with Crippen LogP contribution >= 0.6 is 11.8 Å². The fourth-order valence-electron chi connectivity index (χ4n) is 2.66. The van der Waals surface area contributed by atoms with E-state index in [-0.39, 0.29) is 10.9 Å². The van der Waals surface area contributed by atoms with Crippen molar-refractivity contribution in [2.75, 3.05) is 11.9 Å². The van der Waals surface area contributed by atoms with Crippen molar-refractivity contribution in [3.8, 4) is 11.6 Å². The highest BCUT2D eigenvalue weighted by Gasteiger charge is 2.28. The van der Waals surface area contributed by atoms with Crippen molar-refractivity contribution in [2.45, 2.75) is 30.5 Å². The topological polar surface area (TPSA) is 108 Å². The van der Waals surface area contributed by atoms with Gasteiger partial charge < -0.3 is 19.7 Å². The van der Waals surface area contributed by atoms with Gasteiger partial charge in [-0.25, -0.2) is 4.79 Å². The minimum Gasteiger partial charge on any atom is -0.538 e. The predicted octanol–water partition coefficient (Wildman–Crippen LogP) is 2.71. The number of hydrogen-bond acceptors (Lipinski definition) is 7. The van der Waals surface area contributed by atoms with Crippen LogP contribution in [-0.2, 0) is 9.53 Å². The number of hydrogen-bond donors (Lipinski definition) is 1. The molecule has 156 valence electrons. The van der Waals surface area contributed by atoms with Crippen LogP contribution in [0.3, 0.4) is 0 Å². The Morgan fingerprint density at radius 3 is 2.50 bits per heavy atom. The predicted molar refractivity (Wildman–Crippen MR) is 108 cm³/mol. The number of aromatic nitrogens is 2. The third kappa shape index (κ3) is 4.98. The summed E-state index contributed by atoms with van der Waals surface area (Å²) in [4.78, 5) is 24.5. The summed E-state index contributed by atoms with van der Waals surface area (Å²) < 4.78 is 11.1. The van der Waals surface area contributed by atoms with Crippen molar-refractivity contribution < 1.29 is 28.6 Å². The van der Waals surface area contributed by atoms with Gasteiger partial charge in [-0.1, -0.05) is 25.1 Å². The zero-order valence-corrected chi connectivity index (χ0v) is 17.3. The molecule has 0 bridgehead atoms. The first-order chi connectivity index (χ1) is 14.5. The summed E-state index contributed by atoms with van der Waals surface area (Å²) >= 11 is 1.09. The van der Waals surface area contributed by atoms with Crippen molar-refractivity contribution in [3.63, 3.8) is 0 Å². The molecule has 0 aliphatic carbocycles. The number of nitrogens with zero attached hydrogens (tertiary/aromatic N) is 2. The van der Waals surface area contributed by atoms with Gasteiger partial charge in [0.15, 0.2) is 5.95 Å². The van der Waals surface area contributed by atoms with Crippen LogP contribution in [0.2, 0.25) is 0 Å². The lowest BCUT2D eigenvalue weighted by atomic mass is 10.2. The molecule has 9 heteroatoms. The van der Waals surface area contributed by atoms with E-state index in [0.29, 0.717) is 30.0 Å². The number of ether oxygens (including phenoxy) is 1. The van der Waals surface area contributed by atoms with Gasteiger partial charge in [0, 0.05) is 17.8 Å². The van der Waals surface area contributed by atoms with Crippen LogP contribution in [0.25, 0.3) is 5.69 Å². The Balaban J connectivity index is 1.72. The van der Waals surface area contributed by atoms with Gasteiger partial charge in [-0.15, -0.1) is 0 Å². The Hall–Kier alpha value is -3.33. The fraction of sp³-hybridized carbons (Fsp3) is 0.238. The summed E-state index contributed by atoms with van der Waals surface area (Å²) in [6, 6.07) is 15.5. The summed E-state index contributed by atoms with van der Waals surface area (Å²) in [5.74, 6) is -1.29. The van der Waals surface area contributed by atoms with Gasteiger partial charge in [0.1, 0.15) is 0 Å². The summed E-state index contributed by atoms with van der Waals surface area (Å²) in [5.41, 5.74) is 1.60. The molecule has 0 aliphatic heterocycles. The fourth-order valence-corrected chi connectivity index (χ4v) is 3.63. The van der Waals surface area contributed by atoms with Crippen molar-refractivity contribution in [3.05, 3.63) is 60.2 Å². The Kier molecular flexibility index (Phi) is 7.08. The average molecular weight is 427 g/mol. The highest BCUT2D eigenvalue weighted by molar-refractivity contribution is 8.00. The van der Waals surface area contributed by atoms with E-state index >= 15 is 0 Å². The average Bonchev–Trinajstić information content (AvgIpc) is 3.13. The summed E-state index contributed by atoms with van der Waals surface area (Å²) in [6.07, 6.45) is 0.483. The maximum atomic E-state index is 12.8. The van der Waals surface area contributed by atoms with E-state index in [0.717, 1.165) is 11.8 Å². The molecule has 3 rings (SSSR count). The number of esters is 1. The van der Waals surface area contributed by atoms with E-state index < -0.39 is 17.2 Å². The molecule has 1 aromatic heterocycles. The maximum absolute atomic E-state index is 12.8. The molecule has 1 atom stereocenters. The van der Waals surface area contributed by atoms with Crippen LogP contribution in [0.1, 0.15) is 30.6 Å². The van der Waals surface area contributed by atoms with Gasteiger partial charge in [-0.3, -0.25) is 4.79 Å². The van der Waals surface area contributed by atoms with E-state index in [1.165, 1.54) is 4.68 Å². The third-order valence-electron chi connectivity index (χ3n) is 4.15. The molecule has 1 N–H and O–H groups in total. The molecular formula is C21H21N3O5S. The number of carbonyl (C=O) groups is 2. The van der Waals surface area contributed by atoms with Gasteiger partial charge in [0.2, 0.25) is 11.6 Å². The molecule has 0 fully saturated rings. The first-order valence-corrected chi connectivity index (χ1v) is 10.3. The monoisotopic (exact) mass is 427 g/mol. The van der Waals surface area contributed by atoms with E-state index in [9.17, 15) is 14.7 Å². The number of nitrogens with one attached hydrogen (secondary N) is 1. The number of rotatable bonds is 8. The summed E-state index contributed by atoms with van der Waals surface area (Å²) in [5, 5.41) is 18.4. The summed E-state index contributed by atoms with van der Waals surface area (Å²) in [6.45, 7) is 3.88. The molecule has 0 saturated heterocycles. The summed E-state index contributed by atoms with van der Waals surface area (Å²) in [7, 11) is 0. The second kappa shape index (κ2) is 9.93. The number of anilines is 1. The van der Waals surface area contributed by atoms with Gasteiger partial charge in [-0.2, -0.15) is 0 Å². The highest BCUT2D eigenvalue weighted by Crippen LogP contribution is 2.29. The molecule has 0 saturated carbocycles. The molecule has 2 aromatic carbocycles. The molecule has 1 heterocycles. The maximum Gasteiger partial charge on any atom is 0.338 e. The Morgan fingerprint density at radius 1 is 1.17 bits per heavy atom. The first-order valence-electron chi connectivity index (χ1n) is 9.42.